The zero-order chi connectivity index (χ0) is 13.5. The molecule has 18 heavy (non-hydrogen) atoms. The lowest BCUT2D eigenvalue weighted by molar-refractivity contribution is -0.385. The van der Waals surface area contributed by atoms with Gasteiger partial charge in [-0.1, -0.05) is 24.6 Å². The quantitative estimate of drug-likeness (QED) is 0.612. The van der Waals surface area contributed by atoms with Crippen molar-refractivity contribution >= 4 is 17.3 Å². The molecule has 0 saturated heterocycles. The van der Waals surface area contributed by atoms with Gasteiger partial charge in [0, 0.05) is 25.8 Å². The number of rotatable bonds is 7. The number of hydrogen-bond donors (Lipinski definition) is 1. The summed E-state index contributed by atoms with van der Waals surface area (Å²) in [5, 5.41) is 14.5. The molecule has 1 unspecified atom stereocenters. The van der Waals surface area contributed by atoms with Crippen LogP contribution in [0.15, 0.2) is 18.2 Å². The van der Waals surface area contributed by atoms with Gasteiger partial charge >= 0.3 is 0 Å². The minimum Gasteiger partial charge on any atom is -0.383 e. The average molecular weight is 273 g/mol. The van der Waals surface area contributed by atoms with Crippen molar-refractivity contribution in [2.24, 2.45) is 0 Å². The maximum atomic E-state index is 10.9. The third-order valence-corrected chi connectivity index (χ3v) is 3.07. The maximum Gasteiger partial charge on any atom is 0.275 e. The van der Waals surface area contributed by atoms with Gasteiger partial charge < -0.3 is 10.1 Å². The molecule has 0 aromatic heterocycles. The van der Waals surface area contributed by atoms with Crippen molar-refractivity contribution in [2.75, 3.05) is 13.7 Å². The summed E-state index contributed by atoms with van der Waals surface area (Å²) in [6, 6.07) is 4.85. The first-order valence-corrected chi connectivity index (χ1v) is 6.12. The van der Waals surface area contributed by atoms with E-state index in [0.29, 0.717) is 23.7 Å². The molecule has 0 saturated carbocycles. The van der Waals surface area contributed by atoms with Crippen LogP contribution >= 0.6 is 11.6 Å². The van der Waals surface area contributed by atoms with E-state index >= 15 is 0 Å². The minimum atomic E-state index is -0.417. The monoisotopic (exact) mass is 272 g/mol. The highest BCUT2D eigenvalue weighted by Gasteiger charge is 2.17. The van der Waals surface area contributed by atoms with Crippen molar-refractivity contribution in [2.45, 2.75) is 25.9 Å². The second-order valence-electron chi connectivity index (χ2n) is 3.94. The van der Waals surface area contributed by atoms with E-state index in [1.54, 1.807) is 19.2 Å². The number of methoxy groups -OCH3 is 1. The Hall–Kier alpha value is -1.17. The van der Waals surface area contributed by atoms with E-state index < -0.39 is 4.92 Å². The molecule has 6 heteroatoms. The van der Waals surface area contributed by atoms with Gasteiger partial charge in [-0.05, 0) is 12.5 Å². The van der Waals surface area contributed by atoms with Crippen LogP contribution in [0.2, 0.25) is 5.02 Å². The molecule has 5 nitrogen and oxygen atoms in total. The van der Waals surface area contributed by atoms with Gasteiger partial charge in [0.15, 0.2) is 0 Å². The van der Waals surface area contributed by atoms with Gasteiger partial charge in [0.25, 0.3) is 5.69 Å². The fourth-order valence-corrected chi connectivity index (χ4v) is 1.90. The van der Waals surface area contributed by atoms with Crippen molar-refractivity contribution in [1.29, 1.82) is 0 Å². The van der Waals surface area contributed by atoms with E-state index in [4.69, 9.17) is 16.3 Å². The average Bonchev–Trinajstić information content (AvgIpc) is 2.35. The molecular weight excluding hydrogens is 256 g/mol. The summed E-state index contributed by atoms with van der Waals surface area (Å²) in [6.45, 7) is 2.95. The Kier molecular flexibility index (Phi) is 6.04. The van der Waals surface area contributed by atoms with Crippen LogP contribution in [0.25, 0.3) is 0 Å². The summed E-state index contributed by atoms with van der Waals surface area (Å²) in [6.07, 6.45) is 0.881. The normalized spacial score (nSPS) is 12.4. The van der Waals surface area contributed by atoms with E-state index in [1.165, 1.54) is 6.07 Å². The van der Waals surface area contributed by atoms with Crippen molar-refractivity contribution in [3.8, 4) is 0 Å². The molecular formula is C12H17ClN2O3. The van der Waals surface area contributed by atoms with Crippen molar-refractivity contribution in [3.63, 3.8) is 0 Å². The lowest BCUT2D eigenvalue weighted by Crippen LogP contribution is -2.32. The molecule has 0 spiro atoms. The zero-order valence-corrected chi connectivity index (χ0v) is 11.2. The van der Waals surface area contributed by atoms with E-state index in [0.717, 1.165) is 6.42 Å². The molecule has 0 fully saturated rings. The van der Waals surface area contributed by atoms with Crippen LogP contribution in [0, 0.1) is 10.1 Å². The van der Waals surface area contributed by atoms with Crippen molar-refractivity contribution < 1.29 is 9.66 Å². The van der Waals surface area contributed by atoms with Crippen LogP contribution < -0.4 is 5.32 Å². The first-order valence-electron chi connectivity index (χ1n) is 5.74. The molecule has 0 bridgehead atoms. The molecule has 0 aliphatic heterocycles. The van der Waals surface area contributed by atoms with E-state index in [-0.39, 0.29) is 11.7 Å². The molecule has 0 aliphatic carbocycles. The Morgan fingerprint density at radius 3 is 2.83 bits per heavy atom. The molecule has 1 atom stereocenters. The summed E-state index contributed by atoms with van der Waals surface area (Å²) in [5.41, 5.74) is 0.556. The van der Waals surface area contributed by atoms with Crippen LogP contribution in [-0.2, 0) is 11.3 Å². The summed E-state index contributed by atoms with van der Waals surface area (Å²) < 4.78 is 5.06. The van der Waals surface area contributed by atoms with E-state index in [1.807, 2.05) is 6.92 Å². The number of halogens is 1. The topological polar surface area (TPSA) is 64.4 Å². The second-order valence-corrected chi connectivity index (χ2v) is 4.34. The SMILES string of the molecule is CCC(COC)NCc1c(Cl)cccc1[N+](=O)[O-]. The minimum absolute atomic E-state index is 0.0438. The molecule has 0 heterocycles. The molecule has 1 aromatic rings. The summed E-state index contributed by atoms with van der Waals surface area (Å²) >= 11 is 6.00. The number of nitrogens with zero attached hydrogens (tertiary/aromatic N) is 1. The molecule has 100 valence electrons. The molecule has 0 radical (unpaired) electrons. The number of nitro groups is 1. The first kappa shape index (κ1) is 14.9. The Bertz CT molecular complexity index is 412. The largest absolute Gasteiger partial charge is 0.383 e. The molecule has 1 N–H and O–H groups in total. The highest BCUT2D eigenvalue weighted by molar-refractivity contribution is 6.31. The maximum absolute atomic E-state index is 10.9. The van der Waals surface area contributed by atoms with Gasteiger partial charge in [-0.3, -0.25) is 10.1 Å². The van der Waals surface area contributed by atoms with E-state index in [2.05, 4.69) is 5.32 Å². The number of nitro benzene ring substituents is 1. The summed E-state index contributed by atoms with van der Waals surface area (Å²) in [5.74, 6) is 0. The van der Waals surface area contributed by atoms with Gasteiger partial charge in [0.05, 0.1) is 22.1 Å². The fraction of sp³-hybridized carbons (Fsp3) is 0.500. The van der Waals surface area contributed by atoms with E-state index in [9.17, 15) is 10.1 Å². The third-order valence-electron chi connectivity index (χ3n) is 2.72. The lowest BCUT2D eigenvalue weighted by atomic mass is 10.1. The van der Waals surface area contributed by atoms with Crippen LogP contribution in [-0.4, -0.2) is 24.7 Å². The smallest absolute Gasteiger partial charge is 0.275 e. The van der Waals surface area contributed by atoms with Crippen LogP contribution in [0.5, 0.6) is 0 Å². The number of ether oxygens (including phenoxy) is 1. The standard InChI is InChI=1S/C12H17ClN2O3/c1-3-9(8-18-2)14-7-10-11(13)5-4-6-12(10)15(16)17/h4-6,9,14H,3,7-8H2,1-2H3. The molecule has 1 rings (SSSR count). The van der Waals surface area contributed by atoms with Crippen LogP contribution in [0.1, 0.15) is 18.9 Å². The lowest BCUT2D eigenvalue weighted by Gasteiger charge is -2.16. The van der Waals surface area contributed by atoms with Gasteiger partial charge in [0.2, 0.25) is 0 Å². The Morgan fingerprint density at radius 1 is 1.56 bits per heavy atom. The Labute approximate surface area is 111 Å². The van der Waals surface area contributed by atoms with Crippen molar-refractivity contribution in [3.05, 3.63) is 38.9 Å². The number of benzene rings is 1. The number of nitrogens with one attached hydrogen (secondary N) is 1. The molecule has 0 aliphatic rings. The van der Waals surface area contributed by atoms with Crippen molar-refractivity contribution in [1.82, 2.24) is 5.32 Å². The highest BCUT2D eigenvalue weighted by atomic mass is 35.5. The zero-order valence-electron chi connectivity index (χ0n) is 10.5. The van der Waals surface area contributed by atoms with Crippen LogP contribution in [0.4, 0.5) is 5.69 Å². The highest BCUT2D eigenvalue weighted by Crippen LogP contribution is 2.26. The fourth-order valence-electron chi connectivity index (χ4n) is 1.66. The van der Waals surface area contributed by atoms with Gasteiger partial charge in [0.1, 0.15) is 0 Å². The Morgan fingerprint density at radius 2 is 2.28 bits per heavy atom. The molecule has 1 aromatic carbocycles. The predicted molar refractivity (Wildman–Crippen MR) is 70.9 cm³/mol. The van der Waals surface area contributed by atoms with Gasteiger partial charge in [-0.2, -0.15) is 0 Å². The summed E-state index contributed by atoms with van der Waals surface area (Å²) in [7, 11) is 1.63. The van der Waals surface area contributed by atoms with Crippen LogP contribution in [0.3, 0.4) is 0 Å². The summed E-state index contributed by atoms with van der Waals surface area (Å²) in [4.78, 5) is 10.5. The molecule has 0 amide bonds. The number of hydrogen-bond acceptors (Lipinski definition) is 4. The second kappa shape index (κ2) is 7.31. The third kappa shape index (κ3) is 3.94. The van der Waals surface area contributed by atoms with Gasteiger partial charge in [-0.25, -0.2) is 0 Å². The Balaban J connectivity index is 2.80. The predicted octanol–water partition coefficient (Wildman–Crippen LogP) is 2.76. The first-order chi connectivity index (χ1) is 8.60. The van der Waals surface area contributed by atoms with Gasteiger partial charge in [-0.15, -0.1) is 0 Å².